The van der Waals surface area contributed by atoms with Gasteiger partial charge in [0, 0.05) is 5.02 Å². The summed E-state index contributed by atoms with van der Waals surface area (Å²) < 4.78 is 0. The van der Waals surface area contributed by atoms with E-state index in [0.717, 1.165) is 0 Å². The molecule has 7 heteroatoms. The Morgan fingerprint density at radius 2 is 2.14 bits per heavy atom. The second-order valence-electron chi connectivity index (χ2n) is 4.60. The van der Waals surface area contributed by atoms with Crippen molar-refractivity contribution in [1.29, 1.82) is 5.26 Å². The molecule has 2 atom stereocenters. The van der Waals surface area contributed by atoms with Crippen LogP contribution in [0.2, 0.25) is 5.02 Å². The van der Waals surface area contributed by atoms with Crippen molar-refractivity contribution >= 4 is 29.3 Å². The standard InChI is InChI=1S/C14H16ClN3O3/c1-3-8(2)12(13(19)20)18-14(21)17-11-6-10(15)5-4-9(11)7-16/h4-6,8,12H,3H2,1-2H3,(H,19,20)(H2,17,18,21)/t8?,12-/m0/s1. The van der Waals surface area contributed by atoms with Gasteiger partial charge >= 0.3 is 12.0 Å². The van der Waals surface area contributed by atoms with Crippen molar-refractivity contribution in [2.45, 2.75) is 26.3 Å². The van der Waals surface area contributed by atoms with Gasteiger partial charge < -0.3 is 15.7 Å². The van der Waals surface area contributed by atoms with E-state index >= 15 is 0 Å². The molecule has 0 spiro atoms. The molecule has 0 aliphatic rings. The summed E-state index contributed by atoms with van der Waals surface area (Å²) in [5.74, 6) is -1.32. The van der Waals surface area contributed by atoms with Gasteiger partial charge in [0.1, 0.15) is 12.1 Å². The summed E-state index contributed by atoms with van der Waals surface area (Å²) >= 11 is 5.81. The number of nitriles is 1. The number of halogens is 1. The second kappa shape index (κ2) is 7.50. The zero-order valence-corrected chi connectivity index (χ0v) is 12.4. The number of hydrogen-bond acceptors (Lipinski definition) is 3. The Morgan fingerprint density at radius 3 is 2.67 bits per heavy atom. The Morgan fingerprint density at radius 1 is 1.48 bits per heavy atom. The molecule has 1 rings (SSSR count). The molecule has 0 saturated heterocycles. The van der Waals surface area contributed by atoms with E-state index in [9.17, 15) is 9.59 Å². The number of hydrogen-bond donors (Lipinski definition) is 3. The van der Waals surface area contributed by atoms with Gasteiger partial charge in [-0.3, -0.25) is 0 Å². The highest BCUT2D eigenvalue weighted by Crippen LogP contribution is 2.20. The maximum Gasteiger partial charge on any atom is 0.326 e. The van der Waals surface area contributed by atoms with Crippen LogP contribution in [0.3, 0.4) is 0 Å². The number of carboxylic acids is 1. The van der Waals surface area contributed by atoms with Crippen LogP contribution in [0.5, 0.6) is 0 Å². The van der Waals surface area contributed by atoms with Crippen LogP contribution in [-0.4, -0.2) is 23.1 Å². The molecule has 0 aliphatic carbocycles. The van der Waals surface area contributed by atoms with Crippen LogP contribution in [-0.2, 0) is 4.79 Å². The first-order chi connectivity index (χ1) is 9.88. The fraction of sp³-hybridized carbons (Fsp3) is 0.357. The molecule has 0 bridgehead atoms. The van der Waals surface area contributed by atoms with Crippen molar-refractivity contribution in [3.8, 4) is 6.07 Å². The van der Waals surface area contributed by atoms with E-state index in [2.05, 4.69) is 10.6 Å². The summed E-state index contributed by atoms with van der Waals surface area (Å²) in [5.41, 5.74) is 0.473. The van der Waals surface area contributed by atoms with Gasteiger partial charge in [-0.05, 0) is 24.1 Å². The predicted octanol–water partition coefficient (Wildman–Crippen LogP) is 2.83. The van der Waals surface area contributed by atoms with E-state index in [1.807, 2.05) is 13.0 Å². The number of nitrogens with one attached hydrogen (secondary N) is 2. The van der Waals surface area contributed by atoms with Gasteiger partial charge in [-0.15, -0.1) is 0 Å². The van der Waals surface area contributed by atoms with Crippen molar-refractivity contribution in [3.05, 3.63) is 28.8 Å². The number of amides is 2. The van der Waals surface area contributed by atoms with Gasteiger partial charge in [0.2, 0.25) is 0 Å². The number of aliphatic carboxylic acids is 1. The Balaban J connectivity index is 2.84. The molecule has 0 heterocycles. The molecule has 1 aromatic rings. The fourth-order valence-electron chi connectivity index (χ4n) is 1.70. The number of carbonyl (C=O) groups excluding carboxylic acids is 1. The summed E-state index contributed by atoms with van der Waals surface area (Å²) in [6, 6.07) is 4.66. The highest BCUT2D eigenvalue weighted by molar-refractivity contribution is 6.31. The third-order valence-corrected chi connectivity index (χ3v) is 3.35. The second-order valence-corrected chi connectivity index (χ2v) is 5.04. The Kier molecular flexibility index (Phi) is 6.00. The van der Waals surface area contributed by atoms with Crippen LogP contribution in [0.4, 0.5) is 10.5 Å². The SMILES string of the molecule is CCC(C)[C@H](NC(=O)Nc1cc(Cl)ccc1C#N)C(=O)O. The minimum atomic E-state index is -1.11. The highest BCUT2D eigenvalue weighted by atomic mass is 35.5. The number of rotatable bonds is 5. The summed E-state index contributed by atoms with van der Waals surface area (Å²) in [4.78, 5) is 23.0. The molecule has 0 radical (unpaired) electrons. The summed E-state index contributed by atoms with van der Waals surface area (Å²) in [6.07, 6.45) is 0.609. The topological polar surface area (TPSA) is 102 Å². The Labute approximate surface area is 127 Å². The molecule has 2 amide bonds. The van der Waals surface area contributed by atoms with Crippen LogP contribution in [0.15, 0.2) is 18.2 Å². The van der Waals surface area contributed by atoms with Crippen molar-refractivity contribution in [2.75, 3.05) is 5.32 Å². The molecule has 0 saturated carbocycles. The third-order valence-electron chi connectivity index (χ3n) is 3.12. The molecule has 0 aliphatic heterocycles. The summed E-state index contributed by atoms with van der Waals surface area (Å²) in [7, 11) is 0. The zero-order chi connectivity index (χ0) is 16.0. The highest BCUT2D eigenvalue weighted by Gasteiger charge is 2.25. The van der Waals surface area contributed by atoms with E-state index < -0.39 is 18.0 Å². The quantitative estimate of drug-likeness (QED) is 0.778. The van der Waals surface area contributed by atoms with E-state index in [0.29, 0.717) is 11.4 Å². The Hall–Kier alpha value is -2.26. The average molecular weight is 310 g/mol. The molecular weight excluding hydrogens is 294 g/mol. The lowest BCUT2D eigenvalue weighted by atomic mass is 9.99. The van der Waals surface area contributed by atoms with Crippen LogP contribution in [0, 0.1) is 17.2 Å². The van der Waals surface area contributed by atoms with Crippen molar-refractivity contribution < 1.29 is 14.7 Å². The predicted molar refractivity (Wildman–Crippen MR) is 79.2 cm³/mol. The molecule has 6 nitrogen and oxygen atoms in total. The van der Waals surface area contributed by atoms with Crippen LogP contribution >= 0.6 is 11.6 Å². The van der Waals surface area contributed by atoms with Gasteiger partial charge in [0.25, 0.3) is 0 Å². The van der Waals surface area contributed by atoms with E-state index in [4.69, 9.17) is 22.0 Å². The maximum atomic E-state index is 11.9. The number of anilines is 1. The van der Waals surface area contributed by atoms with Gasteiger partial charge in [-0.25, -0.2) is 9.59 Å². The minimum absolute atomic E-state index is 0.219. The molecule has 1 aromatic carbocycles. The first-order valence-corrected chi connectivity index (χ1v) is 6.76. The lowest BCUT2D eigenvalue weighted by Crippen LogP contribution is -2.46. The minimum Gasteiger partial charge on any atom is -0.480 e. The van der Waals surface area contributed by atoms with Crippen LogP contribution < -0.4 is 10.6 Å². The van der Waals surface area contributed by atoms with Gasteiger partial charge in [0.15, 0.2) is 0 Å². The van der Waals surface area contributed by atoms with E-state index in [-0.39, 0.29) is 17.2 Å². The number of benzene rings is 1. The van der Waals surface area contributed by atoms with Gasteiger partial charge in [-0.2, -0.15) is 5.26 Å². The average Bonchev–Trinajstić information content (AvgIpc) is 2.44. The normalized spacial score (nSPS) is 12.9. The molecule has 0 fully saturated rings. The lowest BCUT2D eigenvalue weighted by molar-refractivity contribution is -0.140. The molecule has 0 aromatic heterocycles. The van der Waals surface area contributed by atoms with Crippen molar-refractivity contribution in [3.63, 3.8) is 0 Å². The number of carbonyl (C=O) groups is 2. The largest absolute Gasteiger partial charge is 0.480 e. The smallest absolute Gasteiger partial charge is 0.326 e. The number of nitrogens with zero attached hydrogens (tertiary/aromatic N) is 1. The van der Waals surface area contributed by atoms with Crippen molar-refractivity contribution in [1.82, 2.24) is 5.32 Å². The van der Waals surface area contributed by atoms with Gasteiger partial charge in [0.05, 0.1) is 11.3 Å². The van der Waals surface area contributed by atoms with Gasteiger partial charge in [-0.1, -0.05) is 31.9 Å². The molecule has 112 valence electrons. The molecular formula is C14H16ClN3O3. The molecule has 3 N–H and O–H groups in total. The van der Waals surface area contributed by atoms with Crippen LogP contribution in [0.1, 0.15) is 25.8 Å². The van der Waals surface area contributed by atoms with Crippen molar-refractivity contribution in [2.24, 2.45) is 5.92 Å². The number of urea groups is 1. The Bertz CT molecular complexity index is 583. The summed E-state index contributed by atoms with van der Waals surface area (Å²) in [5, 5.41) is 23.3. The number of carboxylic acid groups (broad SMARTS) is 1. The fourth-order valence-corrected chi connectivity index (χ4v) is 1.87. The van der Waals surface area contributed by atoms with Crippen LogP contribution in [0.25, 0.3) is 0 Å². The first-order valence-electron chi connectivity index (χ1n) is 6.39. The maximum absolute atomic E-state index is 11.9. The third kappa shape index (κ3) is 4.65. The molecule has 1 unspecified atom stereocenters. The first kappa shape index (κ1) is 16.8. The van der Waals surface area contributed by atoms with E-state index in [1.54, 1.807) is 6.92 Å². The van der Waals surface area contributed by atoms with E-state index in [1.165, 1.54) is 18.2 Å². The lowest BCUT2D eigenvalue weighted by Gasteiger charge is -2.20. The zero-order valence-electron chi connectivity index (χ0n) is 11.7. The summed E-state index contributed by atoms with van der Waals surface area (Å²) in [6.45, 7) is 3.57. The molecule has 21 heavy (non-hydrogen) atoms. The monoisotopic (exact) mass is 309 g/mol.